The Kier molecular flexibility index (Phi) is 8.62. The van der Waals surface area contributed by atoms with Crippen LogP contribution in [0.25, 0.3) is 0 Å². The molecule has 0 aromatic carbocycles. The molecule has 25 heavy (non-hydrogen) atoms. The topological polar surface area (TPSA) is 86.7 Å². The average molecular weight is 410 g/mol. The third-order valence-corrected chi connectivity index (χ3v) is 5.68. The number of hydrogen-bond acceptors (Lipinski definition) is 6. The van der Waals surface area contributed by atoms with Gasteiger partial charge >= 0.3 is 15.6 Å². The molecule has 0 heterocycles. The summed E-state index contributed by atoms with van der Waals surface area (Å²) < 4.78 is 87.1. The van der Waals surface area contributed by atoms with Crippen molar-refractivity contribution in [1.82, 2.24) is 0 Å². The summed E-state index contributed by atoms with van der Waals surface area (Å²) in [5.41, 5.74) is -5.30. The van der Waals surface area contributed by atoms with Gasteiger partial charge in [-0.3, -0.25) is 8.37 Å². The summed E-state index contributed by atoms with van der Waals surface area (Å²) >= 11 is 0. The Hall–Kier alpha value is -0.390. The molecule has 11 heteroatoms. The third kappa shape index (κ3) is 9.20. The van der Waals surface area contributed by atoms with E-state index in [1.807, 2.05) is 0 Å². The van der Waals surface area contributed by atoms with Crippen molar-refractivity contribution in [1.29, 1.82) is 0 Å². The molecule has 150 valence electrons. The van der Waals surface area contributed by atoms with Crippen LogP contribution < -0.4 is 0 Å². The molecule has 0 unspecified atom stereocenters. The van der Waals surface area contributed by atoms with Crippen LogP contribution in [0.5, 0.6) is 0 Å². The van der Waals surface area contributed by atoms with Gasteiger partial charge in [-0.2, -0.15) is 30.0 Å². The fourth-order valence-corrected chi connectivity index (χ4v) is 4.15. The standard InChI is InChI=1S/C7H11F3O3S.C7H14O3S/c8-7(9,10)14(11,12)13-6-4-2-1-3-5-6;1-11(8,9)10-7-5-3-2-4-6-7/h6H,1-5H2;7H,2-6H2,1H3. The molecular formula is C14H25F3O6S2. The molecule has 0 bridgehead atoms. The third-order valence-electron chi connectivity index (χ3n) is 3.96. The number of halogens is 3. The van der Waals surface area contributed by atoms with E-state index >= 15 is 0 Å². The summed E-state index contributed by atoms with van der Waals surface area (Å²) in [5, 5.41) is 0. The summed E-state index contributed by atoms with van der Waals surface area (Å²) in [4.78, 5) is 0. The van der Waals surface area contributed by atoms with Gasteiger partial charge in [0.2, 0.25) is 0 Å². The molecule has 2 rings (SSSR count). The van der Waals surface area contributed by atoms with Crippen LogP contribution in [-0.4, -0.2) is 40.8 Å². The van der Waals surface area contributed by atoms with E-state index in [4.69, 9.17) is 4.18 Å². The lowest BCUT2D eigenvalue weighted by Gasteiger charge is -2.21. The minimum Gasteiger partial charge on any atom is -0.267 e. The van der Waals surface area contributed by atoms with Gasteiger partial charge < -0.3 is 0 Å². The van der Waals surface area contributed by atoms with E-state index in [0.717, 1.165) is 51.2 Å². The molecule has 2 saturated carbocycles. The number of alkyl halides is 3. The Morgan fingerprint density at radius 1 is 0.720 bits per heavy atom. The van der Waals surface area contributed by atoms with Crippen LogP contribution in [-0.2, 0) is 28.6 Å². The largest absolute Gasteiger partial charge is 0.523 e. The van der Waals surface area contributed by atoms with Gasteiger partial charge in [0.05, 0.1) is 18.5 Å². The molecule has 2 aliphatic carbocycles. The predicted molar refractivity (Wildman–Crippen MR) is 85.7 cm³/mol. The van der Waals surface area contributed by atoms with Gasteiger partial charge in [-0.15, -0.1) is 0 Å². The van der Waals surface area contributed by atoms with Gasteiger partial charge in [-0.05, 0) is 25.7 Å². The molecule has 0 saturated heterocycles. The Balaban J connectivity index is 0.000000257. The Morgan fingerprint density at radius 3 is 1.40 bits per heavy atom. The van der Waals surface area contributed by atoms with Crippen molar-refractivity contribution < 1.29 is 38.4 Å². The van der Waals surface area contributed by atoms with E-state index in [2.05, 4.69) is 4.18 Å². The van der Waals surface area contributed by atoms with Crippen LogP contribution in [0.2, 0.25) is 0 Å². The fraction of sp³-hybridized carbons (Fsp3) is 1.00. The van der Waals surface area contributed by atoms with Crippen molar-refractivity contribution >= 4 is 20.2 Å². The maximum atomic E-state index is 11.9. The molecule has 0 amide bonds. The highest BCUT2D eigenvalue weighted by Gasteiger charge is 2.48. The maximum Gasteiger partial charge on any atom is 0.523 e. The van der Waals surface area contributed by atoms with Crippen LogP contribution in [0.1, 0.15) is 64.2 Å². The molecule has 0 N–H and O–H groups in total. The second kappa shape index (κ2) is 9.52. The van der Waals surface area contributed by atoms with E-state index in [1.54, 1.807) is 0 Å². The summed E-state index contributed by atoms with van der Waals surface area (Å²) in [6, 6.07) is 0. The van der Waals surface area contributed by atoms with E-state index in [0.29, 0.717) is 12.8 Å². The SMILES string of the molecule is CS(=O)(=O)OC1CCCCC1.O=S(=O)(OC1CCCCC1)C(F)(F)F. The van der Waals surface area contributed by atoms with Crippen LogP contribution in [0, 0.1) is 0 Å². The van der Waals surface area contributed by atoms with Crippen LogP contribution in [0.3, 0.4) is 0 Å². The summed E-state index contributed by atoms with van der Waals surface area (Å²) in [6.45, 7) is 0. The molecule has 6 nitrogen and oxygen atoms in total. The quantitative estimate of drug-likeness (QED) is 0.521. The first-order valence-electron chi connectivity index (χ1n) is 8.28. The Bertz CT molecular complexity index is 589. The zero-order chi connectivity index (χ0) is 19.1. The smallest absolute Gasteiger partial charge is 0.267 e. The fourth-order valence-electron chi connectivity index (χ4n) is 2.80. The van der Waals surface area contributed by atoms with Gasteiger partial charge in [0, 0.05) is 0 Å². The molecule has 0 radical (unpaired) electrons. The average Bonchev–Trinajstić information content (AvgIpc) is 2.46. The van der Waals surface area contributed by atoms with Gasteiger partial charge in [0.25, 0.3) is 10.1 Å². The second-order valence-electron chi connectivity index (χ2n) is 6.32. The minimum atomic E-state index is -5.40. The van der Waals surface area contributed by atoms with E-state index in [9.17, 15) is 30.0 Å². The second-order valence-corrected chi connectivity index (χ2v) is 9.48. The van der Waals surface area contributed by atoms with Crippen LogP contribution in [0.15, 0.2) is 0 Å². The van der Waals surface area contributed by atoms with Crippen molar-refractivity contribution in [2.24, 2.45) is 0 Å². The minimum absolute atomic E-state index is 0.0428. The van der Waals surface area contributed by atoms with Crippen LogP contribution >= 0.6 is 0 Å². The monoisotopic (exact) mass is 410 g/mol. The van der Waals surface area contributed by atoms with Crippen LogP contribution in [0.4, 0.5) is 13.2 Å². The normalized spacial score (nSPS) is 21.4. The predicted octanol–water partition coefficient (Wildman–Crippen LogP) is 3.48. The first-order valence-corrected chi connectivity index (χ1v) is 11.5. The van der Waals surface area contributed by atoms with E-state index in [-0.39, 0.29) is 6.10 Å². The van der Waals surface area contributed by atoms with Crippen molar-refractivity contribution in [3.05, 3.63) is 0 Å². The number of rotatable bonds is 4. The zero-order valence-electron chi connectivity index (χ0n) is 14.1. The molecular weight excluding hydrogens is 385 g/mol. The Labute approximate surface area is 147 Å². The lowest BCUT2D eigenvalue weighted by molar-refractivity contribution is -0.0584. The lowest BCUT2D eigenvalue weighted by Crippen LogP contribution is -2.31. The van der Waals surface area contributed by atoms with Crippen molar-refractivity contribution in [3.8, 4) is 0 Å². The molecule has 0 spiro atoms. The first-order chi connectivity index (χ1) is 11.4. The lowest BCUT2D eigenvalue weighted by atomic mass is 9.98. The highest BCUT2D eigenvalue weighted by Crippen LogP contribution is 2.29. The highest BCUT2D eigenvalue weighted by molar-refractivity contribution is 7.87. The number of hydrogen-bond donors (Lipinski definition) is 0. The van der Waals surface area contributed by atoms with E-state index < -0.39 is 31.8 Å². The summed E-state index contributed by atoms with van der Waals surface area (Å²) in [7, 11) is -8.62. The highest BCUT2D eigenvalue weighted by atomic mass is 32.2. The Morgan fingerprint density at radius 2 is 1.08 bits per heavy atom. The molecule has 0 atom stereocenters. The van der Waals surface area contributed by atoms with Gasteiger partial charge in [0.1, 0.15) is 0 Å². The van der Waals surface area contributed by atoms with Crippen molar-refractivity contribution in [2.75, 3.05) is 6.26 Å². The van der Waals surface area contributed by atoms with Gasteiger partial charge in [-0.1, -0.05) is 38.5 Å². The van der Waals surface area contributed by atoms with E-state index in [1.165, 1.54) is 6.42 Å². The van der Waals surface area contributed by atoms with Gasteiger partial charge in [-0.25, -0.2) is 0 Å². The molecule has 0 aromatic heterocycles. The summed E-state index contributed by atoms with van der Waals surface area (Å²) in [6.07, 6.45) is 8.60. The van der Waals surface area contributed by atoms with Gasteiger partial charge in [0.15, 0.2) is 0 Å². The maximum absolute atomic E-state index is 11.9. The molecule has 2 aliphatic rings. The summed E-state index contributed by atoms with van der Waals surface area (Å²) in [5.74, 6) is 0. The van der Waals surface area contributed by atoms with Crippen molar-refractivity contribution in [2.45, 2.75) is 81.9 Å². The molecule has 0 aliphatic heterocycles. The zero-order valence-corrected chi connectivity index (χ0v) is 15.8. The molecule has 2 fully saturated rings. The van der Waals surface area contributed by atoms with Crippen molar-refractivity contribution in [3.63, 3.8) is 0 Å². The molecule has 0 aromatic rings. The first kappa shape index (κ1) is 22.7.